The molecule has 1 aliphatic carbocycles. The summed E-state index contributed by atoms with van der Waals surface area (Å²) in [4.78, 5) is 24.1. The Morgan fingerprint density at radius 3 is 2.90 bits per heavy atom. The molecule has 8 heteroatoms. The average molecular weight is 429 g/mol. The van der Waals surface area contributed by atoms with Gasteiger partial charge in [-0.05, 0) is 48.9 Å². The van der Waals surface area contributed by atoms with Crippen LogP contribution in [0.5, 0.6) is 5.75 Å². The summed E-state index contributed by atoms with van der Waals surface area (Å²) in [5.74, 6) is -0.529. The number of sulfone groups is 1. The van der Waals surface area contributed by atoms with Crippen LogP contribution in [-0.2, 0) is 25.8 Å². The minimum absolute atomic E-state index is 0.0763. The summed E-state index contributed by atoms with van der Waals surface area (Å²) in [6.45, 7) is 1.51. The number of benzene rings is 2. The van der Waals surface area contributed by atoms with Crippen molar-refractivity contribution < 1.29 is 22.7 Å². The first-order valence-corrected chi connectivity index (χ1v) is 11.7. The van der Waals surface area contributed by atoms with E-state index in [-0.39, 0.29) is 41.5 Å². The largest absolute Gasteiger partial charge is 0.482 e. The highest BCUT2D eigenvalue weighted by molar-refractivity contribution is 7.91. The van der Waals surface area contributed by atoms with Crippen LogP contribution in [0, 0.1) is 6.92 Å². The van der Waals surface area contributed by atoms with E-state index in [1.54, 1.807) is 13.0 Å². The molecule has 0 saturated carbocycles. The molecule has 30 heavy (non-hydrogen) atoms. The number of anilines is 1. The molecule has 0 bridgehead atoms. The summed E-state index contributed by atoms with van der Waals surface area (Å²) in [6, 6.07) is 11.0. The molecule has 1 aliphatic heterocycles. The Hall–Kier alpha value is -2.87. The highest BCUT2D eigenvalue weighted by atomic mass is 32.2. The molecule has 0 aromatic heterocycles. The van der Waals surface area contributed by atoms with Gasteiger partial charge in [-0.2, -0.15) is 0 Å². The van der Waals surface area contributed by atoms with E-state index in [1.807, 2.05) is 18.2 Å². The van der Waals surface area contributed by atoms with Gasteiger partial charge in [0.25, 0.3) is 5.91 Å². The van der Waals surface area contributed by atoms with Crippen molar-refractivity contribution in [2.45, 2.75) is 43.5 Å². The summed E-state index contributed by atoms with van der Waals surface area (Å²) < 4.78 is 31.1. The molecule has 7 nitrogen and oxygen atoms in total. The number of carbonyl (C=O) groups excluding carboxylic acids is 2. The fraction of sp³-hybridized carbons (Fsp3) is 0.364. The predicted molar refractivity (Wildman–Crippen MR) is 112 cm³/mol. The average Bonchev–Trinajstić information content (AvgIpc) is 2.72. The van der Waals surface area contributed by atoms with E-state index in [9.17, 15) is 18.0 Å². The predicted octanol–water partition coefficient (Wildman–Crippen LogP) is 2.68. The number of amides is 2. The highest BCUT2D eigenvalue weighted by Crippen LogP contribution is 2.33. The fourth-order valence-electron chi connectivity index (χ4n) is 4.06. The third-order valence-electron chi connectivity index (χ3n) is 5.55. The van der Waals surface area contributed by atoms with E-state index in [4.69, 9.17) is 4.74 Å². The third-order valence-corrected chi connectivity index (χ3v) is 7.40. The van der Waals surface area contributed by atoms with Crippen LogP contribution in [0.3, 0.4) is 0 Å². The van der Waals surface area contributed by atoms with Crippen LogP contribution in [0.4, 0.5) is 5.69 Å². The van der Waals surface area contributed by atoms with Crippen LogP contribution in [0.1, 0.15) is 42.0 Å². The van der Waals surface area contributed by atoms with E-state index in [2.05, 4.69) is 16.7 Å². The van der Waals surface area contributed by atoms with Gasteiger partial charge in [0, 0.05) is 12.5 Å². The van der Waals surface area contributed by atoms with Gasteiger partial charge < -0.3 is 15.4 Å². The minimum Gasteiger partial charge on any atom is -0.482 e. The van der Waals surface area contributed by atoms with Gasteiger partial charge in [-0.1, -0.05) is 24.3 Å². The number of carbonyl (C=O) groups is 2. The smallest absolute Gasteiger partial charge is 0.262 e. The molecule has 1 atom stereocenters. The van der Waals surface area contributed by atoms with Gasteiger partial charge in [-0.15, -0.1) is 0 Å². The molecule has 0 saturated heterocycles. The SMILES string of the molecule is Cc1cc2c(cc1S(=O)(=O)CCC(=O)NC1CCCc3ccccc31)OCC(=O)N2. The van der Waals surface area contributed by atoms with Gasteiger partial charge in [0.1, 0.15) is 5.75 Å². The Morgan fingerprint density at radius 1 is 1.27 bits per heavy atom. The Labute approximate surface area is 175 Å². The van der Waals surface area contributed by atoms with Crippen LogP contribution in [0.25, 0.3) is 0 Å². The van der Waals surface area contributed by atoms with Crippen LogP contribution >= 0.6 is 0 Å². The molecule has 2 amide bonds. The Bertz CT molecular complexity index is 1110. The second-order valence-corrected chi connectivity index (χ2v) is 9.81. The zero-order chi connectivity index (χ0) is 21.3. The lowest BCUT2D eigenvalue weighted by Crippen LogP contribution is -2.32. The maximum absolute atomic E-state index is 12.9. The molecule has 0 radical (unpaired) electrons. The number of hydrogen-bond donors (Lipinski definition) is 2. The first-order chi connectivity index (χ1) is 14.3. The van der Waals surface area contributed by atoms with Gasteiger partial charge in [0.15, 0.2) is 16.4 Å². The molecule has 2 aliphatic rings. The molecule has 158 valence electrons. The van der Waals surface area contributed by atoms with Crippen molar-refractivity contribution in [1.29, 1.82) is 0 Å². The third kappa shape index (κ3) is 4.18. The van der Waals surface area contributed by atoms with E-state index in [0.717, 1.165) is 24.8 Å². The minimum atomic E-state index is -3.69. The quantitative estimate of drug-likeness (QED) is 0.762. The molecule has 1 unspecified atom stereocenters. The van der Waals surface area contributed by atoms with Crippen molar-refractivity contribution in [3.63, 3.8) is 0 Å². The molecule has 2 aromatic rings. The summed E-state index contributed by atoms with van der Waals surface area (Å²) in [5, 5.41) is 5.65. The number of rotatable bonds is 5. The highest BCUT2D eigenvalue weighted by Gasteiger charge is 2.26. The Kier molecular flexibility index (Phi) is 5.51. The lowest BCUT2D eigenvalue weighted by atomic mass is 9.88. The summed E-state index contributed by atoms with van der Waals surface area (Å²) >= 11 is 0. The van der Waals surface area contributed by atoms with Crippen molar-refractivity contribution in [2.75, 3.05) is 17.7 Å². The number of hydrogen-bond acceptors (Lipinski definition) is 5. The molecule has 2 aromatic carbocycles. The van der Waals surface area contributed by atoms with Gasteiger partial charge in [-0.25, -0.2) is 8.42 Å². The maximum atomic E-state index is 12.9. The number of fused-ring (bicyclic) bond motifs is 2. The monoisotopic (exact) mass is 428 g/mol. The first kappa shape index (κ1) is 20.4. The van der Waals surface area contributed by atoms with Crippen molar-refractivity contribution in [3.05, 3.63) is 53.1 Å². The van der Waals surface area contributed by atoms with Crippen molar-refractivity contribution in [3.8, 4) is 5.75 Å². The van der Waals surface area contributed by atoms with Gasteiger partial charge >= 0.3 is 0 Å². The summed E-state index contributed by atoms with van der Waals surface area (Å²) in [6.07, 6.45) is 2.72. The lowest BCUT2D eigenvalue weighted by Gasteiger charge is -2.26. The van der Waals surface area contributed by atoms with E-state index in [0.29, 0.717) is 17.0 Å². The standard InChI is InChI=1S/C22H24N2O5S/c1-14-11-18-19(29-13-22(26)24-18)12-20(14)30(27,28)10-9-21(25)23-17-8-4-6-15-5-2-3-7-16(15)17/h2-3,5,7,11-12,17H,4,6,8-10,13H2,1H3,(H,23,25)(H,24,26). The molecular weight excluding hydrogens is 404 g/mol. The fourth-order valence-corrected chi connectivity index (χ4v) is 5.57. The summed E-state index contributed by atoms with van der Waals surface area (Å²) in [5.41, 5.74) is 3.31. The van der Waals surface area contributed by atoms with Crippen molar-refractivity contribution in [2.24, 2.45) is 0 Å². The normalized spacial score (nSPS) is 17.9. The lowest BCUT2D eigenvalue weighted by molar-refractivity contribution is -0.121. The van der Waals surface area contributed by atoms with Crippen LogP contribution in [0.15, 0.2) is 41.3 Å². The van der Waals surface area contributed by atoms with Gasteiger partial charge in [-0.3, -0.25) is 9.59 Å². The topological polar surface area (TPSA) is 102 Å². The molecule has 2 N–H and O–H groups in total. The summed E-state index contributed by atoms with van der Waals surface area (Å²) in [7, 11) is -3.69. The van der Waals surface area contributed by atoms with Crippen molar-refractivity contribution in [1.82, 2.24) is 5.32 Å². The maximum Gasteiger partial charge on any atom is 0.262 e. The number of ether oxygens (including phenoxy) is 1. The van der Waals surface area contributed by atoms with E-state index in [1.165, 1.54) is 11.6 Å². The van der Waals surface area contributed by atoms with Gasteiger partial charge in [0.2, 0.25) is 5.91 Å². The van der Waals surface area contributed by atoms with Crippen molar-refractivity contribution >= 4 is 27.3 Å². The van der Waals surface area contributed by atoms with Crippen LogP contribution < -0.4 is 15.4 Å². The van der Waals surface area contributed by atoms with Gasteiger partial charge in [0.05, 0.1) is 22.4 Å². The first-order valence-electron chi connectivity index (χ1n) is 10.0. The van der Waals surface area contributed by atoms with Crippen LogP contribution in [-0.4, -0.2) is 32.6 Å². The molecule has 0 spiro atoms. The van der Waals surface area contributed by atoms with Crippen LogP contribution in [0.2, 0.25) is 0 Å². The molecular formula is C22H24N2O5S. The Balaban J connectivity index is 1.44. The molecule has 4 rings (SSSR count). The second-order valence-electron chi connectivity index (χ2n) is 7.73. The Morgan fingerprint density at radius 2 is 2.07 bits per heavy atom. The number of nitrogens with one attached hydrogen (secondary N) is 2. The second kappa shape index (κ2) is 8.10. The number of aryl methyl sites for hydroxylation is 2. The zero-order valence-electron chi connectivity index (χ0n) is 16.7. The zero-order valence-corrected chi connectivity index (χ0v) is 17.6. The molecule has 0 fully saturated rings. The van der Waals surface area contributed by atoms with E-state index < -0.39 is 9.84 Å². The molecule has 1 heterocycles. The van der Waals surface area contributed by atoms with E-state index >= 15 is 0 Å².